The van der Waals surface area contributed by atoms with Gasteiger partial charge in [0, 0.05) is 32.2 Å². The Labute approximate surface area is 121 Å². The van der Waals surface area contributed by atoms with E-state index in [1.807, 2.05) is 11.9 Å². The first-order valence-electron chi connectivity index (χ1n) is 6.09. The molecule has 0 spiro atoms. The first kappa shape index (κ1) is 17.9. The van der Waals surface area contributed by atoms with Gasteiger partial charge in [0.2, 0.25) is 0 Å². The number of ether oxygens (including phenoxy) is 1. The molecule has 0 radical (unpaired) electrons. The summed E-state index contributed by atoms with van der Waals surface area (Å²) in [5.41, 5.74) is 0. The zero-order valence-corrected chi connectivity index (χ0v) is 12.3. The van der Waals surface area contributed by atoms with Crippen LogP contribution in [0.15, 0.2) is 0 Å². The summed E-state index contributed by atoms with van der Waals surface area (Å²) in [5, 5.41) is 6.43. The van der Waals surface area contributed by atoms with Gasteiger partial charge in [-0.25, -0.2) is 0 Å². The van der Waals surface area contributed by atoms with Crippen molar-refractivity contribution in [3.63, 3.8) is 0 Å². The first-order valence-corrected chi connectivity index (χ1v) is 6.09. The number of hydrogen-bond donors (Lipinski definition) is 2. The lowest BCUT2D eigenvalue weighted by Gasteiger charge is -2.35. The summed E-state index contributed by atoms with van der Waals surface area (Å²) in [7, 11) is 1.96. The van der Waals surface area contributed by atoms with E-state index in [0.29, 0.717) is 19.2 Å². The van der Waals surface area contributed by atoms with Crippen molar-refractivity contribution < 1.29 is 9.53 Å². The number of nitrogens with one attached hydrogen (secondary N) is 2. The number of halogens is 2. The molecule has 1 unspecified atom stereocenters. The Morgan fingerprint density at radius 3 is 2.83 bits per heavy atom. The molecule has 5 nitrogen and oxygen atoms in total. The summed E-state index contributed by atoms with van der Waals surface area (Å²) in [6, 6.07) is 0.439. The summed E-state index contributed by atoms with van der Waals surface area (Å²) in [6.07, 6.45) is 1.96. The van der Waals surface area contributed by atoms with Crippen LogP contribution < -0.4 is 10.6 Å². The van der Waals surface area contributed by atoms with Gasteiger partial charge >= 0.3 is 0 Å². The van der Waals surface area contributed by atoms with Crippen LogP contribution in [0.5, 0.6) is 0 Å². The van der Waals surface area contributed by atoms with E-state index in [9.17, 15) is 4.79 Å². The second-order valence-electron chi connectivity index (χ2n) is 4.48. The van der Waals surface area contributed by atoms with Gasteiger partial charge in [-0.1, -0.05) is 0 Å². The van der Waals surface area contributed by atoms with E-state index in [1.54, 1.807) is 0 Å². The highest BCUT2D eigenvalue weighted by molar-refractivity contribution is 5.85. The predicted octanol–water partition coefficient (Wildman–Crippen LogP) is 0.0288. The van der Waals surface area contributed by atoms with Gasteiger partial charge in [0.25, 0.3) is 5.91 Å². The topological polar surface area (TPSA) is 53.6 Å². The van der Waals surface area contributed by atoms with Crippen molar-refractivity contribution in [3.8, 4) is 0 Å². The molecule has 2 atom stereocenters. The number of nitrogens with zero attached hydrogens (tertiary/aromatic N) is 1. The fraction of sp³-hybridized carbons (Fsp3) is 0.909. The zero-order chi connectivity index (χ0) is 11.4. The van der Waals surface area contributed by atoms with Crippen LogP contribution >= 0.6 is 24.8 Å². The largest absolute Gasteiger partial charge is 0.366 e. The van der Waals surface area contributed by atoms with Gasteiger partial charge in [-0.05, 0) is 19.9 Å². The maximum Gasteiger partial charge on any atom is 0.253 e. The summed E-state index contributed by atoms with van der Waals surface area (Å²) in [4.78, 5) is 14.1. The minimum atomic E-state index is -0.274. The molecule has 2 aliphatic heterocycles. The highest BCUT2D eigenvalue weighted by atomic mass is 35.5. The number of morpholine rings is 1. The van der Waals surface area contributed by atoms with E-state index < -0.39 is 0 Å². The molecule has 0 aromatic heterocycles. The number of likely N-dealkylation sites (tertiary alicyclic amines) is 1. The van der Waals surface area contributed by atoms with E-state index >= 15 is 0 Å². The van der Waals surface area contributed by atoms with Gasteiger partial charge in [0.1, 0.15) is 6.10 Å². The standard InChI is InChI=1S/C11H21N3O2.2ClH/c1-12-9-3-2-5-14(8-9)11(15)10-7-13-4-6-16-10;;/h9-10,12-13H,2-8H2,1H3;2*1H/t9?,10-;;/m1../s1. The van der Waals surface area contributed by atoms with Crippen LogP contribution in [0.2, 0.25) is 0 Å². The minimum absolute atomic E-state index is 0. The second kappa shape index (κ2) is 8.93. The maximum atomic E-state index is 12.1. The number of piperidine rings is 1. The molecule has 2 heterocycles. The Morgan fingerprint density at radius 2 is 2.22 bits per heavy atom. The molecular weight excluding hydrogens is 277 g/mol. The van der Waals surface area contributed by atoms with Gasteiger partial charge in [0.15, 0.2) is 0 Å². The van der Waals surface area contributed by atoms with Gasteiger partial charge in [-0.15, -0.1) is 24.8 Å². The van der Waals surface area contributed by atoms with Crippen LogP contribution in [0.1, 0.15) is 12.8 Å². The average molecular weight is 300 g/mol. The molecule has 2 aliphatic rings. The van der Waals surface area contributed by atoms with Crippen LogP contribution in [-0.4, -0.2) is 62.8 Å². The third-order valence-corrected chi connectivity index (χ3v) is 3.34. The van der Waals surface area contributed by atoms with Crippen molar-refractivity contribution in [3.05, 3.63) is 0 Å². The molecule has 2 saturated heterocycles. The molecular formula is C11H23Cl2N3O2. The third kappa shape index (κ3) is 4.55. The summed E-state index contributed by atoms with van der Waals surface area (Å²) in [6.45, 7) is 3.83. The van der Waals surface area contributed by atoms with Crippen molar-refractivity contribution in [2.75, 3.05) is 39.8 Å². The van der Waals surface area contributed by atoms with E-state index in [4.69, 9.17) is 4.74 Å². The number of hydrogen-bond acceptors (Lipinski definition) is 4. The molecule has 0 bridgehead atoms. The Morgan fingerprint density at radius 1 is 1.44 bits per heavy atom. The fourth-order valence-corrected chi connectivity index (χ4v) is 2.34. The highest BCUT2D eigenvalue weighted by Gasteiger charge is 2.29. The summed E-state index contributed by atoms with van der Waals surface area (Å²) < 4.78 is 5.49. The highest BCUT2D eigenvalue weighted by Crippen LogP contribution is 2.12. The fourth-order valence-electron chi connectivity index (χ4n) is 2.34. The quantitative estimate of drug-likeness (QED) is 0.755. The van der Waals surface area contributed by atoms with E-state index in [1.165, 1.54) is 0 Å². The number of likely N-dealkylation sites (N-methyl/N-ethyl adjacent to an activating group) is 1. The molecule has 18 heavy (non-hydrogen) atoms. The van der Waals surface area contributed by atoms with Crippen molar-refractivity contribution in [2.24, 2.45) is 0 Å². The maximum absolute atomic E-state index is 12.1. The van der Waals surface area contributed by atoms with Gasteiger partial charge in [-0.2, -0.15) is 0 Å². The van der Waals surface area contributed by atoms with E-state index in [0.717, 1.165) is 32.5 Å². The van der Waals surface area contributed by atoms with Crippen molar-refractivity contribution in [1.29, 1.82) is 0 Å². The normalized spacial score (nSPS) is 27.9. The third-order valence-electron chi connectivity index (χ3n) is 3.34. The molecule has 0 aliphatic carbocycles. The van der Waals surface area contributed by atoms with Crippen molar-refractivity contribution >= 4 is 30.7 Å². The number of carbonyl (C=O) groups is 1. The Bertz CT molecular complexity index is 250. The summed E-state index contributed by atoms with van der Waals surface area (Å²) in [5.74, 6) is 0.146. The average Bonchev–Trinajstić information content (AvgIpc) is 2.39. The molecule has 2 fully saturated rings. The smallest absolute Gasteiger partial charge is 0.253 e. The van der Waals surface area contributed by atoms with Crippen LogP contribution in [0.3, 0.4) is 0 Å². The summed E-state index contributed by atoms with van der Waals surface area (Å²) >= 11 is 0. The minimum Gasteiger partial charge on any atom is -0.366 e. The zero-order valence-electron chi connectivity index (χ0n) is 10.7. The van der Waals surface area contributed by atoms with E-state index in [-0.39, 0.29) is 36.8 Å². The van der Waals surface area contributed by atoms with Crippen LogP contribution in [0, 0.1) is 0 Å². The number of carbonyl (C=O) groups excluding carboxylic acids is 1. The van der Waals surface area contributed by atoms with Crippen molar-refractivity contribution in [2.45, 2.75) is 25.0 Å². The molecule has 0 saturated carbocycles. The Hall–Kier alpha value is -0.0700. The second-order valence-corrected chi connectivity index (χ2v) is 4.48. The molecule has 0 aromatic rings. The molecule has 0 aromatic carbocycles. The van der Waals surface area contributed by atoms with Crippen LogP contribution in [-0.2, 0) is 9.53 Å². The molecule has 7 heteroatoms. The van der Waals surface area contributed by atoms with Crippen LogP contribution in [0.4, 0.5) is 0 Å². The molecule has 2 N–H and O–H groups in total. The van der Waals surface area contributed by atoms with Gasteiger partial charge < -0.3 is 20.3 Å². The predicted molar refractivity (Wildman–Crippen MR) is 75.8 cm³/mol. The van der Waals surface area contributed by atoms with Gasteiger partial charge in [0.05, 0.1) is 6.61 Å². The van der Waals surface area contributed by atoms with Crippen molar-refractivity contribution in [1.82, 2.24) is 15.5 Å². The molecule has 2 rings (SSSR count). The lowest BCUT2D eigenvalue weighted by Crippen LogP contribution is -2.54. The monoisotopic (exact) mass is 299 g/mol. The van der Waals surface area contributed by atoms with Gasteiger partial charge in [-0.3, -0.25) is 4.79 Å². The van der Waals surface area contributed by atoms with Crippen LogP contribution in [0.25, 0.3) is 0 Å². The molecule has 108 valence electrons. The Balaban J connectivity index is 0.00000144. The number of amides is 1. The molecule has 1 amide bonds. The first-order chi connectivity index (χ1) is 7.81. The van der Waals surface area contributed by atoms with E-state index in [2.05, 4.69) is 10.6 Å². The lowest BCUT2D eigenvalue weighted by molar-refractivity contribution is -0.146. The lowest BCUT2D eigenvalue weighted by atomic mass is 10.1. The Kier molecular flexibility index (Phi) is 8.90. The SMILES string of the molecule is CNC1CCCN(C(=O)[C@H]2CNCCO2)C1.Cl.Cl. The number of rotatable bonds is 2.